The fraction of sp³-hybridized carbons (Fsp3) is 0.300. The molecule has 1 aromatic carbocycles. The second-order valence-corrected chi connectivity index (χ2v) is 3.46. The molecule has 0 aliphatic heterocycles. The van der Waals surface area contributed by atoms with Crippen molar-refractivity contribution in [2.75, 3.05) is 0 Å². The average molecular weight is 228 g/mol. The van der Waals surface area contributed by atoms with Crippen LogP contribution in [0.3, 0.4) is 0 Å². The van der Waals surface area contributed by atoms with E-state index >= 15 is 0 Å². The van der Waals surface area contributed by atoms with Crippen molar-refractivity contribution in [1.82, 2.24) is 5.43 Å². The Kier molecular flexibility index (Phi) is 3.65. The van der Waals surface area contributed by atoms with Crippen molar-refractivity contribution in [2.24, 2.45) is 16.6 Å². The molecule has 0 spiro atoms. The van der Waals surface area contributed by atoms with Crippen molar-refractivity contribution in [3.63, 3.8) is 0 Å². The van der Waals surface area contributed by atoms with Crippen LogP contribution in [0.5, 0.6) is 0 Å². The summed E-state index contributed by atoms with van der Waals surface area (Å²) in [4.78, 5) is 0. The van der Waals surface area contributed by atoms with Crippen LogP contribution in [0, 0.1) is 0 Å². The van der Waals surface area contributed by atoms with E-state index in [-0.39, 0.29) is 11.5 Å². The fourth-order valence-electron chi connectivity index (χ4n) is 1.14. The molecule has 0 bridgehead atoms. The molecule has 88 valence electrons. The lowest BCUT2D eigenvalue weighted by atomic mass is 10.1. The van der Waals surface area contributed by atoms with Crippen molar-refractivity contribution in [2.45, 2.75) is 19.4 Å². The molecule has 0 unspecified atom stereocenters. The van der Waals surface area contributed by atoms with Gasteiger partial charge in [0.1, 0.15) is 0 Å². The van der Waals surface area contributed by atoms with Gasteiger partial charge in [-0.05, 0) is 5.56 Å². The van der Waals surface area contributed by atoms with Crippen LogP contribution in [0.1, 0.15) is 18.1 Å². The molecule has 0 aliphatic rings. The first kappa shape index (κ1) is 12.2. The minimum absolute atomic E-state index is 0.0157. The second-order valence-electron chi connectivity index (χ2n) is 3.46. The number of hydrogen-bond donors (Lipinski definition) is 3. The molecule has 0 saturated carbocycles. The third-order valence-corrected chi connectivity index (χ3v) is 1.95. The zero-order chi connectivity index (χ0) is 12.2. The highest BCUT2D eigenvalue weighted by Crippen LogP contribution is 2.26. The SMILES string of the molecule is CC(F)(F)c1ccc(CNN=C(N)N)cc1. The van der Waals surface area contributed by atoms with Gasteiger partial charge in [0.25, 0.3) is 5.92 Å². The number of nitrogens with zero attached hydrogens (tertiary/aromatic N) is 1. The Hall–Kier alpha value is -1.85. The number of hydrazone groups is 1. The molecule has 0 saturated heterocycles. The molecule has 0 radical (unpaired) electrons. The van der Waals surface area contributed by atoms with Gasteiger partial charge in [-0.2, -0.15) is 0 Å². The van der Waals surface area contributed by atoms with Crippen LogP contribution in [0.15, 0.2) is 29.4 Å². The van der Waals surface area contributed by atoms with Crippen LogP contribution in [-0.2, 0) is 12.5 Å². The molecule has 0 aromatic heterocycles. The first-order valence-electron chi connectivity index (χ1n) is 4.68. The first-order chi connectivity index (χ1) is 7.39. The van der Waals surface area contributed by atoms with E-state index in [0.717, 1.165) is 12.5 Å². The van der Waals surface area contributed by atoms with E-state index in [9.17, 15) is 8.78 Å². The van der Waals surface area contributed by atoms with Crippen molar-refractivity contribution in [1.29, 1.82) is 0 Å². The molecule has 1 rings (SSSR count). The third kappa shape index (κ3) is 3.72. The van der Waals surface area contributed by atoms with E-state index in [2.05, 4.69) is 10.5 Å². The molecule has 0 atom stereocenters. The van der Waals surface area contributed by atoms with Gasteiger partial charge in [-0.3, -0.25) is 0 Å². The van der Waals surface area contributed by atoms with Crippen LogP contribution >= 0.6 is 0 Å². The van der Waals surface area contributed by atoms with Crippen molar-refractivity contribution in [3.05, 3.63) is 35.4 Å². The van der Waals surface area contributed by atoms with Crippen LogP contribution < -0.4 is 16.9 Å². The number of rotatable bonds is 4. The Morgan fingerprint density at radius 2 is 1.88 bits per heavy atom. The van der Waals surface area contributed by atoms with Crippen LogP contribution in [0.25, 0.3) is 0 Å². The van der Waals surface area contributed by atoms with Gasteiger partial charge in [0.15, 0.2) is 0 Å². The maximum atomic E-state index is 12.9. The van der Waals surface area contributed by atoms with E-state index in [0.29, 0.717) is 6.54 Å². The Morgan fingerprint density at radius 1 is 1.31 bits per heavy atom. The Labute approximate surface area is 92.3 Å². The topological polar surface area (TPSA) is 76.4 Å². The van der Waals surface area contributed by atoms with E-state index in [1.165, 1.54) is 12.1 Å². The highest BCUT2D eigenvalue weighted by molar-refractivity contribution is 5.75. The molecule has 0 aliphatic carbocycles. The zero-order valence-corrected chi connectivity index (χ0v) is 8.87. The summed E-state index contributed by atoms with van der Waals surface area (Å²) in [6, 6.07) is 5.96. The van der Waals surface area contributed by atoms with Crippen molar-refractivity contribution < 1.29 is 8.78 Å². The molecular formula is C10H14F2N4. The summed E-state index contributed by atoms with van der Waals surface area (Å²) in [6.45, 7) is 1.24. The second kappa shape index (κ2) is 4.78. The summed E-state index contributed by atoms with van der Waals surface area (Å²) in [5.41, 5.74) is 13.6. The van der Waals surface area contributed by atoms with Gasteiger partial charge in [0.2, 0.25) is 5.96 Å². The lowest BCUT2D eigenvalue weighted by molar-refractivity contribution is 0.0174. The van der Waals surface area contributed by atoms with Gasteiger partial charge in [0, 0.05) is 12.5 Å². The monoisotopic (exact) mass is 228 g/mol. The maximum Gasteiger partial charge on any atom is 0.270 e. The van der Waals surface area contributed by atoms with Crippen LogP contribution in [0.4, 0.5) is 8.78 Å². The first-order valence-corrected chi connectivity index (χ1v) is 4.68. The van der Waals surface area contributed by atoms with Gasteiger partial charge in [-0.1, -0.05) is 24.3 Å². The molecule has 5 N–H and O–H groups in total. The Bertz CT molecular complexity index is 363. The minimum atomic E-state index is -2.81. The number of benzene rings is 1. The zero-order valence-electron chi connectivity index (χ0n) is 8.87. The minimum Gasteiger partial charge on any atom is -0.369 e. The molecule has 6 heteroatoms. The number of alkyl halides is 2. The normalized spacial score (nSPS) is 10.9. The molecule has 1 aromatic rings. The van der Waals surface area contributed by atoms with E-state index < -0.39 is 5.92 Å². The fourth-order valence-corrected chi connectivity index (χ4v) is 1.14. The highest BCUT2D eigenvalue weighted by atomic mass is 19.3. The molecular weight excluding hydrogens is 214 g/mol. The maximum absolute atomic E-state index is 12.9. The van der Waals surface area contributed by atoms with Crippen molar-refractivity contribution in [3.8, 4) is 0 Å². The quantitative estimate of drug-likeness (QED) is 0.410. The Morgan fingerprint density at radius 3 is 2.31 bits per heavy atom. The molecule has 16 heavy (non-hydrogen) atoms. The van der Waals surface area contributed by atoms with E-state index in [1.807, 2.05) is 0 Å². The smallest absolute Gasteiger partial charge is 0.270 e. The summed E-state index contributed by atoms with van der Waals surface area (Å²) in [7, 11) is 0. The number of nitrogens with one attached hydrogen (secondary N) is 1. The van der Waals surface area contributed by atoms with E-state index in [4.69, 9.17) is 11.5 Å². The predicted octanol–water partition coefficient (Wildman–Crippen LogP) is 1.08. The molecule has 0 amide bonds. The molecule has 0 fully saturated rings. The Balaban J connectivity index is 2.62. The number of halogens is 2. The van der Waals surface area contributed by atoms with E-state index in [1.54, 1.807) is 12.1 Å². The summed E-state index contributed by atoms with van der Waals surface area (Å²) >= 11 is 0. The molecule has 0 heterocycles. The number of nitrogens with two attached hydrogens (primary N) is 2. The summed E-state index contributed by atoms with van der Waals surface area (Å²) in [6.07, 6.45) is 0. The molecule has 4 nitrogen and oxygen atoms in total. The predicted molar refractivity (Wildman–Crippen MR) is 58.7 cm³/mol. The van der Waals surface area contributed by atoms with Crippen LogP contribution in [0.2, 0.25) is 0 Å². The average Bonchev–Trinajstić information content (AvgIpc) is 2.16. The van der Waals surface area contributed by atoms with Gasteiger partial charge in [0.05, 0.1) is 6.54 Å². The standard InChI is InChI=1S/C10H14F2N4/c1-10(11,12)8-4-2-7(3-5-8)6-15-16-9(13)14/h2-5,15H,6H2,1H3,(H4,13,14,16). The lowest BCUT2D eigenvalue weighted by Gasteiger charge is -2.10. The largest absolute Gasteiger partial charge is 0.369 e. The third-order valence-electron chi connectivity index (χ3n) is 1.95. The van der Waals surface area contributed by atoms with Crippen LogP contribution in [-0.4, -0.2) is 5.96 Å². The van der Waals surface area contributed by atoms with Gasteiger partial charge >= 0.3 is 0 Å². The highest BCUT2D eigenvalue weighted by Gasteiger charge is 2.23. The number of hydrogen-bond acceptors (Lipinski definition) is 2. The van der Waals surface area contributed by atoms with Gasteiger partial charge < -0.3 is 16.9 Å². The van der Waals surface area contributed by atoms with Crippen molar-refractivity contribution >= 4 is 5.96 Å². The summed E-state index contributed by atoms with van der Waals surface area (Å²) < 4.78 is 25.7. The van der Waals surface area contributed by atoms with Gasteiger partial charge in [-0.25, -0.2) is 8.78 Å². The lowest BCUT2D eigenvalue weighted by Crippen LogP contribution is -2.26. The number of guanidine groups is 1. The van der Waals surface area contributed by atoms with Gasteiger partial charge in [-0.15, -0.1) is 5.10 Å². The summed E-state index contributed by atoms with van der Waals surface area (Å²) in [5.74, 6) is -2.89. The summed E-state index contributed by atoms with van der Waals surface area (Å²) in [5, 5.41) is 3.57.